The zero-order valence-electron chi connectivity index (χ0n) is 16.5. The number of benzene rings is 2. The molecule has 0 radical (unpaired) electrons. The van der Waals surface area contributed by atoms with Crippen LogP contribution in [-0.2, 0) is 14.3 Å². The summed E-state index contributed by atoms with van der Waals surface area (Å²) in [4.78, 5) is 37.7. The van der Waals surface area contributed by atoms with Crippen LogP contribution in [0, 0.1) is 0 Å². The average Bonchev–Trinajstić information content (AvgIpc) is 2.72. The Morgan fingerprint density at radius 1 is 1.03 bits per heavy atom. The van der Waals surface area contributed by atoms with Gasteiger partial charge in [-0.2, -0.15) is 0 Å². The molecule has 0 heterocycles. The lowest BCUT2D eigenvalue weighted by Gasteiger charge is -2.17. The number of para-hydroxylation sites is 1. The van der Waals surface area contributed by atoms with Gasteiger partial charge < -0.3 is 24.4 Å². The highest BCUT2D eigenvalue weighted by molar-refractivity contribution is 6.33. The molecule has 2 amide bonds. The van der Waals surface area contributed by atoms with Crippen LogP contribution in [0.15, 0.2) is 36.4 Å². The molecule has 0 saturated carbocycles. The van der Waals surface area contributed by atoms with Gasteiger partial charge in [0.2, 0.25) is 5.91 Å². The topological polar surface area (TPSA) is 94.2 Å². The third kappa shape index (κ3) is 6.01. The number of esters is 1. The highest BCUT2D eigenvalue weighted by Crippen LogP contribution is 2.36. The standard InChI is InChI=1S/C20H20Cl2N2O6/c1-24(10-17(25)23-15-7-5-4-6-13(15)21)18(26)11-30-20(27)12-8-14(22)19(29-3)16(9-12)28-2/h4-9H,10-11H2,1-3H3,(H,23,25). The van der Waals surface area contributed by atoms with E-state index in [1.54, 1.807) is 24.3 Å². The van der Waals surface area contributed by atoms with Gasteiger partial charge in [0.15, 0.2) is 18.1 Å². The quantitative estimate of drug-likeness (QED) is 0.615. The maximum absolute atomic E-state index is 12.3. The molecule has 0 saturated heterocycles. The lowest BCUT2D eigenvalue weighted by molar-refractivity contribution is -0.136. The molecule has 0 spiro atoms. The first kappa shape index (κ1) is 23.3. The van der Waals surface area contributed by atoms with Gasteiger partial charge in [-0.25, -0.2) is 4.79 Å². The number of carbonyl (C=O) groups excluding carboxylic acids is 3. The summed E-state index contributed by atoms with van der Waals surface area (Å²) < 4.78 is 15.2. The van der Waals surface area contributed by atoms with Crippen molar-refractivity contribution in [1.82, 2.24) is 4.90 Å². The van der Waals surface area contributed by atoms with E-state index in [0.717, 1.165) is 4.90 Å². The minimum Gasteiger partial charge on any atom is -0.493 e. The van der Waals surface area contributed by atoms with E-state index in [-0.39, 0.29) is 28.6 Å². The number of likely N-dealkylation sites (N-methyl/N-ethyl adjacent to an activating group) is 1. The van der Waals surface area contributed by atoms with Crippen LogP contribution in [-0.4, -0.2) is 57.1 Å². The average molecular weight is 455 g/mol. The molecule has 2 rings (SSSR count). The van der Waals surface area contributed by atoms with Crippen molar-refractivity contribution in [2.24, 2.45) is 0 Å². The second kappa shape index (κ2) is 10.7. The van der Waals surface area contributed by atoms with Gasteiger partial charge in [-0.1, -0.05) is 35.3 Å². The third-order valence-electron chi connectivity index (χ3n) is 3.95. The van der Waals surface area contributed by atoms with Gasteiger partial charge in [0.05, 0.1) is 42.1 Å². The Labute approximate surface area is 183 Å². The molecule has 0 atom stereocenters. The molecular weight excluding hydrogens is 435 g/mol. The zero-order valence-corrected chi connectivity index (χ0v) is 18.0. The van der Waals surface area contributed by atoms with Gasteiger partial charge >= 0.3 is 5.97 Å². The molecule has 2 aromatic rings. The van der Waals surface area contributed by atoms with Gasteiger partial charge in [0, 0.05) is 7.05 Å². The molecule has 1 N–H and O–H groups in total. The molecule has 2 aromatic carbocycles. The Hall–Kier alpha value is -2.97. The van der Waals surface area contributed by atoms with Crippen molar-refractivity contribution >= 4 is 46.7 Å². The highest BCUT2D eigenvalue weighted by Gasteiger charge is 2.19. The first-order valence-corrected chi connectivity index (χ1v) is 9.39. The van der Waals surface area contributed by atoms with E-state index >= 15 is 0 Å². The van der Waals surface area contributed by atoms with Crippen molar-refractivity contribution in [3.05, 3.63) is 52.0 Å². The molecule has 8 nitrogen and oxygen atoms in total. The predicted molar refractivity (Wildman–Crippen MR) is 113 cm³/mol. The highest BCUT2D eigenvalue weighted by atomic mass is 35.5. The van der Waals surface area contributed by atoms with E-state index in [0.29, 0.717) is 10.7 Å². The number of nitrogens with one attached hydrogen (secondary N) is 1. The molecule has 0 aliphatic heterocycles. The van der Waals surface area contributed by atoms with Gasteiger partial charge in [-0.3, -0.25) is 9.59 Å². The number of nitrogens with zero attached hydrogens (tertiary/aromatic N) is 1. The second-order valence-electron chi connectivity index (χ2n) is 6.05. The number of methoxy groups -OCH3 is 2. The summed E-state index contributed by atoms with van der Waals surface area (Å²) in [5.74, 6) is -1.27. The Morgan fingerprint density at radius 3 is 2.37 bits per heavy atom. The summed E-state index contributed by atoms with van der Waals surface area (Å²) >= 11 is 12.0. The molecule has 160 valence electrons. The number of anilines is 1. The summed E-state index contributed by atoms with van der Waals surface area (Å²) in [7, 11) is 4.23. The summed E-state index contributed by atoms with van der Waals surface area (Å²) in [6, 6.07) is 9.45. The largest absolute Gasteiger partial charge is 0.493 e. The summed E-state index contributed by atoms with van der Waals surface area (Å²) in [5, 5.41) is 3.14. The third-order valence-corrected chi connectivity index (χ3v) is 4.56. The number of rotatable bonds is 8. The van der Waals surface area contributed by atoms with Crippen molar-refractivity contribution in [3.63, 3.8) is 0 Å². The van der Waals surface area contributed by atoms with Crippen LogP contribution in [0.4, 0.5) is 5.69 Å². The zero-order chi connectivity index (χ0) is 22.3. The summed E-state index contributed by atoms with van der Waals surface area (Å²) in [6.07, 6.45) is 0. The van der Waals surface area contributed by atoms with Crippen LogP contribution in [0.2, 0.25) is 10.0 Å². The van der Waals surface area contributed by atoms with Gasteiger partial charge in [0.25, 0.3) is 5.91 Å². The fourth-order valence-corrected chi connectivity index (χ4v) is 2.88. The monoisotopic (exact) mass is 454 g/mol. The number of carbonyl (C=O) groups is 3. The Kier molecular flexibility index (Phi) is 8.32. The number of hydrogen-bond acceptors (Lipinski definition) is 6. The number of halogens is 2. The first-order valence-electron chi connectivity index (χ1n) is 8.63. The number of ether oxygens (including phenoxy) is 3. The lowest BCUT2D eigenvalue weighted by Crippen LogP contribution is -2.37. The van der Waals surface area contributed by atoms with E-state index in [1.807, 2.05) is 0 Å². The molecule has 0 aliphatic carbocycles. The summed E-state index contributed by atoms with van der Waals surface area (Å²) in [6.45, 7) is -0.801. The van der Waals surface area contributed by atoms with E-state index in [9.17, 15) is 14.4 Å². The summed E-state index contributed by atoms with van der Waals surface area (Å²) in [5.41, 5.74) is 0.520. The maximum atomic E-state index is 12.3. The van der Waals surface area contributed by atoms with Crippen LogP contribution in [0.5, 0.6) is 11.5 Å². The van der Waals surface area contributed by atoms with Gasteiger partial charge in [-0.15, -0.1) is 0 Å². The first-order chi connectivity index (χ1) is 14.3. The number of hydrogen-bond donors (Lipinski definition) is 1. The minimum atomic E-state index is -0.778. The van der Waals surface area contributed by atoms with E-state index < -0.39 is 24.4 Å². The van der Waals surface area contributed by atoms with E-state index in [2.05, 4.69) is 5.32 Å². The number of amides is 2. The minimum absolute atomic E-state index is 0.0876. The van der Waals surface area contributed by atoms with Crippen molar-refractivity contribution in [2.75, 3.05) is 39.7 Å². The van der Waals surface area contributed by atoms with Crippen molar-refractivity contribution in [1.29, 1.82) is 0 Å². The van der Waals surface area contributed by atoms with E-state index in [4.69, 9.17) is 37.4 Å². The molecule has 10 heteroatoms. The van der Waals surface area contributed by atoms with Crippen LogP contribution in [0.1, 0.15) is 10.4 Å². The van der Waals surface area contributed by atoms with Gasteiger partial charge in [-0.05, 0) is 24.3 Å². The molecular formula is C20H20Cl2N2O6. The molecule has 0 unspecified atom stereocenters. The molecule has 30 heavy (non-hydrogen) atoms. The van der Waals surface area contributed by atoms with Crippen molar-refractivity contribution in [3.8, 4) is 11.5 Å². The Balaban J connectivity index is 1.91. The van der Waals surface area contributed by atoms with Crippen molar-refractivity contribution in [2.45, 2.75) is 0 Å². The SMILES string of the molecule is COc1cc(C(=O)OCC(=O)N(C)CC(=O)Nc2ccccc2Cl)cc(Cl)c1OC. The second-order valence-corrected chi connectivity index (χ2v) is 6.86. The van der Waals surface area contributed by atoms with Crippen LogP contribution < -0.4 is 14.8 Å². The van der Waals surface area contributed by atoms with Crippen molar-refractivity contribution < 1.29 is 28.6 Å². The van der Waals surface area contributed by atoms with Gasteiger partial charge in [0.1, 0.15) is 0 Å². The normalized spacial score (nSPS) is 10.2. The smallest absolute Gasteiger partial charge is 0.338 e. The lowest BCUT2D eigenvalue weighted by atomic mass is 10.2. The molecule has 0 aliphatic rings. The molecule has 0 aromatic heterocycles. The van der Waals surface area contributed by atoms with E-state index in [1.165, 1.54) is 33.4 Å². The fraction of sp³-hybridized carbons (Fsp3) is 0.250. The molecule has 0 bridgehead atoms. The Morgan fingerprint density at radius 2 is 1.73 bits per heavy atom. The predicted octanol–water partition coefficient (Wildman–Crippen LogP) is 3.26. The van der Waals surface area contributed by atoms with Crippen LogP contribution in [0.25, 0.3) is 0 Å². The van der Waals surface area contributed by atoms with Crippen LogP contribution in [0.3, 0.4) is 0 Å². The van der Waals surface area contributed by atoms with Crippen LogP contribution >= 0.6 is 23.2 Å². The Bertz CT molecular complexity index is 951. The molecule has 0 fully saturated rings. The maximum Gasteiger partial charge on any atom is 0.338 e. The fourth-order valence-electron chi connectivity index (χ4n) is 2.41.